The van der Waals surface area contributed by atoms with Crippen LogP contribution in [0.5, 0.6) is 0 Å². The maximum Gasteiger partial charge on any atom is -0.0230 e. The van der Waals surface area contributed by atoms with Gasteiger partial charge in [-0.2, -0.15) is 0 Å². The third-order valence-electron chi connectivity index (χ3n) is 5.53. The van der Waals surface area contributed by atoms with Crippen LogP contribution in [0.3, 0.4) is 0 Å². The van der Waals surface area contributed by atoms with E-state index in [0.717, 1.165) is 12.0 Å². The molecule has 0 radical (unpaired) electrons. The zero-order valence-corrected chi connectivity index (χ0v) is 22.3. The molecule has 0 spiro atoms. The highest BCUT2D eigenvalue weighted by molar-refractivity contribution is 5.62. The Bertz CT molecular complexity index is 733. The highest BCUT2D eigenvalue weighted by Gasteiger charge is 2.01. The van der Waals surface area contributed by atoms with Gasteiger partial charge in [0.05, 0.1) is 0 Å². The highest BCUT2D eigenvalue weighted by Crippen LogP contribution is 2.19. The highest BCUT2D eigenvalue weighted by atomic mass is 14.1. The van der Waals surface area contributed by atoms with E-state index in [1.807, 2.05) is 13.8 Å². The van der Waals surface area contributed by atoms with E-state index in [1.54, 1.807) is 0 Å². The molecule has 0 unspecified atom stereocenters. The maximum absolute atomic E-state index is 4.01. The molecule has 0 atom stereocenters. The summed E-state index contributed by atoms with van der Waals surface area (Å²) in [5, 5.41) is 0. The van der Waals surface area contributed by atoms with Crippen molar-refractivity contribution in [2.45, 2.75) is 106 Å². The second-order valence-electron chi connectivity index (χ2n) is 8.07. The van der Waals surface area contributed by atoms with Crippen molar-refractivity contribution in [1.29, 1.82) is 0 Å². The molecule has 2 rings (SSSR count). The average Bonchev–Trinajstić information content (AvgIpc) is 2.82. The number of allylic oxidation sites excluding steroid dienone is 1. The number of benzene rings is 2. The fraction of sp³-hybridized carbons (Fsp3) is 0.500. The molecule has 0 fully saturated rings. The van der Waals surface area contributed by atoms with Gasteiger partial charge in [-0.05, 0) is 67.9 Å². The van der Waals surface area contributed by atoms with Crippen molar-refractivity contribution in [3.05, 3.63) is 76.9 Å². The van der Waals surface area contributed by atoms with Crippen LogP contribution in [0.2, 0.25) is 0 Å². The lowest BCUT2D eigenvalue weighted by Crippen LogP contribution is -1.92. The summed E-state index contributed by atoms with van der Waals surface area (Å²) in [4.78, 5) is 0. The monoisotopic (exact) mass is 434 g/mol. The van der Waals surface area contributed by atoms with Crippen LogP contribution >= 0.6 is 0 Å². The summed E-state index contributed by atoms with van der Waals surface area (Å²) < 4.78 is 0. The van der Waals surface area contributed by atoms with Gasteiger partial charge >= 0.3 is 0 Å². The molecular weight excluding hydrogens is 384 g/mol. The van der Waals surface area contributed by atoms with Gasteiger partial charge < -0.3 is 0 Å². The minimum absolute atomic E-state index is 1.15. The van der Waals surface area contributed by atoms with Crippen molar-refractivity contribution in [1.82, 2.24) is 0 Å². The number of unbranched alkanes of at least 4 members (excludes halogenated alkanes) is 6. The van der Waals surface area contributed by atoms with Crippen LogP contribution in [0, 0.1) is 26.7 Å². The van der Waals surface area contributed by atoms with E-state index in [9.17, 15) is 0 Å². The summed E-state index contributed by atoms with van der Waals surface area (Å²) in [5.74, 6) is 0. The molecule has 0 saturated heterocycles. The lowest BCUT2D eigenvalue weighted by Gasteiger charge is -2.08. The molecule has 0 N–H and O–H groups in total. The van der Waals surface area contributed by atoms with Crippen LogP contribution in [0.4, 0.5) is 0 Å². The minimum Gasteiger partial charge on any atom is -0.124 e. The van der Waals surface area contributed by atoms with Crippen LogP contribution in [-0.4, -0.2) is 0 Å². The molecule has 0 amide bonds. The van der Waals surface area contributed by atoms with E-state index in [0.29, 0.717) is 0 Å². The zero-order valence-electron chi connectivity index (χ0n) is 22.3. The van der Waals surface area contributed by atoms with E-state index < -0.39 is 0 Å². The molecule has 0 saturated carbocycles. The van der Waals surface area contributed by atoms with Crippen LogP contribution in [-0.2, 0) is 12.8 Å². The fourth-order valence-electron chi connectivity index (χ4n) is 3.52. The van der Waals surface area contributed by atoms with Gasteiger partial charge in [-0.1, -0.05) is 121 Å². The Kier molecular flexibility index (Phi) is 21.9. The van der Waals surface area contributed by atoms with E-state index in [-0.39, 0.29) is 0 Å². The molecule has 178 valence electrons. The van der Waals surface area contributed by atoms with Gasteiger partial charge in [0.2, 0.25) is 0 Å². The number of terminal acetylenes is 1. The smallest absolute Gasteiger partial charge is 0.0230 e. The first-order valence-electron chi connectivity index (χ1n) is 12.6. The van der Waals surface area contributed by atoms with Gasteiger partial charge in [0.25, 0.3) is 0 Å². The number of hydrogen-bond donors (Lipinski definition) is 0. The maximum atomic E-state index is 4.01. The molecule has 0 aromatic heterocycles. The number of rotatable bonds is 10. The van der Waals surface area contributed by atoms with E-state index in [1.165, 1.54) is 79.2 Å². The summed E-state index contributed by atoms with van der Waals surface area (Å²) in [7, 11) is 0. The molecule has 2 aromatic carbocycles. The lowest BCUT2D eigenvalue weighted by molar-refractivity contribution is 0.589. The van der Waals surface area contributed by atoms with Gasteiger partial charge in [0.1, 0.15) is 0 Å². The predicted molar refractivity (Wildman–Crippen MR) is 149 cm³/mol. The molecule has 0 heterocycles. The second kappa shape index (κ2) is 22.0. The molecule has 0 aliphatic heterocycles. The first kappa shape index (κ1) is 31.9. The molecule has 0 aliphatic carbocycles. The largest absolute Gasteiger partial charge is 0.124 e. The van der Waals surface area contributed by atoms with Crippen molar-refractivity contribution in [3.63, 3.8) is 0 Å². The summed E-state index contributed by atoms with van der Waals surface area (Å²) in [6.07, 6.45) is 20.1. The van der Waals surface area contributed by atoms with Crippen LogP contribution in [0.25, 0.3) is 5.57 Å². The Morgan fingerprint density at radius 3 is 1.78 bits per heavy atom. The zero-order chi connectivity index (χ0) is 24.8. The third kappa shape index (κ3) is 14.7. The Morgan fingerprint density at radius 2 is 1.31 bits per heavy atom. The first-order valence-corrected chi connectivity index (χ1v) is 12.6. The normalized spacial score (nSPS) is 9.28. The van der Waals surface area contributed by atoms with Crippen molar-refractivity contribution in [2.75, 3.05) is 0 Å². The topological polar surface area (TPSA) is 0 Å². The molecule has 32 heavy (non-hydrogen) atoms. The van der Waals surface area contributed by atoms with Crippen LogP contribution < -0.4 is 0 Å². The van der Waals surface area contributed by atoms with Crippen LogP contribution in [0.15, 0.2) is 49.0 Å². The van der Waals surface area contributed by atoms with E-state index in [4.69, 9.17) is 0 Å². The Balaban J connectivity index is 0. The Morgan fingerprint density at radius 1 is 0.750 bits per heavy atom. The Labute approximate surface area is 201 Å². The van der Waals surface area contributed by atoms with Gasteiger partial charge in [0, 0.05) is 0 Å². The Hall–Kier alpha value is -2.26. The number of hydrogen-bond acceptors (Lipinski definition) is 0. The summed E-state index contributed by atoms with van der Waals surface area (Å²) in [6.45, 7) is 18.9. The summed E-state index contributed by atoms with van der Waals surface area (Å²) in [6, 6.07) is 15.3. The predicted octanol–water partition coefficient (Wildman–Crippen LogP) is 10.2. The second-order valence-corrected chi connectivity index (χ2v) is 8.07. The average molecular weight is 435 g/mol. The van der Waals surface area contributed by atoms with Crippen molar-refractivity contribution in [3.8, 4) is 12.8 Å². The van der Waals surface area contributed by atoms with Gasteiger partial charge in [-0.3, -0.25) is 0 Å². The third-order valence-corrected chi connectivity index (χ3v) is 5.53. The minimum atomic E-state index is 1.15. The van der Waals surface area contributed by atoms with E-state index >= 15 is 0 Å². The molecular formula is C32H50. The first-order chi connectivity index (χ1) is 15.5. The number of aryl methyl sites for hydroxylation is 4. The van der Waals surface area contributed by atoms with Gasteiger partial charge in [-0.15, -0.1) is 12.8 Å². The standard InChI is InChI=1S/C19H30.C9H12.C2H6.C2H2/c1-5-6-7-8-9-10-11-12-18-13-14-19(16(2)3)15-17(18)4;1-3-9-7-5-4-6-8(9)2;2*1-2/h13-15H,2,5-12H2,1,3-4H3;4-7H,3H2,1-2H3;1-2H3;1-2H. The van der Waals surface area contributed by atoms with Crippen molar-refractivity contribution >= 4 is 5.57 Å². The molecule has 0 aliphatic rings. The molecule has 0 heteroatoms. The molecule has 2 aromatic rings. The van der Waals surface area contributed by atoms with E-state index in [2.05, 4.69) is 96.5 Å². The summed E-state index contributed by atoms with van der Waals surface area (Å²) in [5.41, 5.74) is 8.23. The lowest BCUT2D eigenvalue weighted by atomic mass is 9.97. The van der Waals surface area contributed by atoms with Crippen LogP contribution in [0.1, 0.15) is 107 Å². The SMILES string of the molecule is C#C.C=C(C)c1ccc(CCCCCCCCC)c(C)c1.CC.CCc1ccccc1C. The molecule has 0 nitrogen and oxygen atoms in total. The van der Waals surface area contributed by atoms with Gasteiger partial charge in [0.15, 0.2) is 0 Å². The van der Waals surface area contributed by atoms with Crippen molar-refractivity contribution in [2.24, 2.45) is 0 Å². The molecule has 0 bridgehead atoms. The fourth-order valence-corrected chi connectivity index (χ4v) is 3.52. The van der Waals surface area contributed by atoms with Gasteiger partial charge in [-0.25, -0.2) is 0 Å². The quantitative estimate of drug-likeness (QED) is 0.258. The summed E-state index contributed by atoms with van der Waals surface area (Å²) >= 11 is 0. The van der Waals surface area contributed by atoms with Crippen molar-refractivity contribution < 1.29 is 0 Å².